The molecule has 1 aliphatic rings. The van der Waals surface area contributed by atoms with Gasteiger partial charge in [0.2, 0.25) is 0 Å². The first kappa shape index (κ1) is 12.0. The molecule has 1 aliphatic carbocycles. The first-order valence-corrected chi connectivity index (χ1v) is 5.50. The first-order chi connectivity index (χ1) is 6.55. The Kier molecular flexibility index (Phi) is 4.35. The van der Waals surface area contributed by atoms with E-state index in [9.17, 15) is 5.11 Å². The van der Waals surface area contributed by atoms with Gasteiger partial charge in [0.1, 0.15) is 0 Å². The summed E-state index contributed by atoms with van der Waals surface area (Å²) in [7, 11) is 1.66. The van der Waals surface area contributed by atoms with Gasteiger partial charge in [-0.3, -0.25) is 0 Å². The van der Waals surface area contributed by atoms with E-state index in [-0.39, 0.29) is 0 Å². The van der Waals surface area contributed by atoms with E-state index in [0.717, 1.165) is 5.92 Å². The summed E-state index contributed by atoms with van der Waals surface area (Å²) in [6.07, 6.45) is 3.37. The highest BCUT2D eigenvalue weighted by Gasteiger charge is 2.29. The molecule has 2 atom stereocenters. The largest absolute Gasteiger partial charge is 0.389 e. The molecule has 0 heterocycles. The van der Waals surface area contributed by atoms with E-state index in [2.05, 4.69) is 12.2 Å². The molecule has 0 amide bonds. The maximum atomic E-state index is 9.95. The van der Waals surface area contributed by atoms with E-state index < -0.39 is 5.60 Å². The number of rotatable bonds is 7. The molecule has 3 nitrogen and oxygen atoms in total. The van der Waals surface area contributed by atoms with Gasteiger partial charge in [0.05, 0.1) is 5.60 Å². The summed E-state index contributed by atoms with van der Waals surface area (Å²) >= 11 is 0. The highest BCUT2D eigenvalue weighted by Crippen LogP contribution is 2.32. The van der Waals surface area contributed by atoms with Gasteiger partial charge in [0.25, 0.3) is 0 Å². The average Bonchev–Trinajstić information content (AvgIpc) is 2.94. The number of ether oxygens (including phenoxy) is 1. The number of hydrogen-bond donors (Lipinski definition) is 2. The van der Waals surface area contributed by atoms with Gasteiger partial charge in [-0.15, -0.1) is 0 Å². The average molecular weight is 201 g/mol. The van der Waals surface area contributed by atoms with Crippen LogP contribution in [0.5, 0.6) is 0 Å². The Morgan fingerprint density at radius 3 is 2.71 bits per heavy atom. The second kappa shape index (κ2) is 5.10. The van der Waals surface area contributed by atoms with E-state index in [1.165, 1.54) is 12.8 Å². The molecule has 84 valence electrons. The number of hydrogen-bond acceptors (Lipinski definition) is 3. The van der Waals surface area contributed by atoms with Gasteiger partial charge < -0.3 is 15.2 Å². The van der Waals surface area contributed by atoms with Crippen molar-refractivity contribution in [2.45, 2.75) is 44.8 Å². The van der Waals surface area contributed by atoms with Crippen LogP contribution in [-0.4, -0.2) is 37.0 Å². The van der Waals surface area contributed by atoms with Gasteiger partial charge in [0, 0.05) is 32.7 Å². The Bertz CT molecular complexity index is 167. The summed E-state index contributed by atoms with van der Waals surface area (Å²) in [5.41, 5.74) is -0.640. The van der Waals surface area contributed by atoms with Crippen LogP contribution in [0.2, 0.25) is 0 Å². The molecule has 0 bridgehead atoms. The van der Waals surface area contributed by atoms with E-state index in [0.29, 0.717) is 25.6 Å². The topological polar surface area (TPSA) is 41.5 Å². The molecular weight excluding hydrogens is 178 g/mol. The van der Waals surface area contributed by atoms with Crippen molar-refractivity contribution in [2.75, 3.05) is 20.3 Å². The van der Waals surface area contributed by atoms with Gasteiger partial charge in [-0.2, -0.15) is 0 Å². The highest BCUT2D eigenvalue weighted by atomic mass is 16.5. The van der Waals surface area contributed by atoms with Crippen LogP contribution in [0.1, 0.15) is 33.1 Å². The quantitative estimate of drug-likeness (QED) is 0.649. The van der Waals surface area contributed by atoms with Crippen molar-refractivity contribution >= 4 is 0 Å². The molecule has 2 N–H and O–H groups in total. The van der Waals surface area contributed by atoms with Crippen molar-refractivity contribution in [1.29, 1.82) is 0 Å². The van der Waals surface area contributed by atoms with Gasteiger partial charge in [-0.25, -0.2) is 0 Å². The summed E-state index contributed by atoms with van der Waals surface area (Å²) in [5.74, 6) is 0.841. The monoisotopic (exact) mass is 201 g/mol. The van der Waals surface area contributed by atoms with Crippen molar-refractivity contribution in [3.8, 4) is 0 Å². The molecular formula is C11H23NO2. The van der Waals surface area contributed by atoms with Gasteiger partial charge in [-0.1, -0.05) is 0 Å². The smallest absolute Gasteiger partial charge is 0.0765 e. The predicted molar refractivity (Wildman–Crippen MR) is 57.3 cm³/mol. The number of aliphatic hydroxyl groups is 1. The maximum absolute atomic E-state index is 9.95. The SMILES string of the molecule is COCCC(C)(O)CNC(C)C1CC1. The molecule has 0 aromatic heterocycles. The molecule has 1 saturated carbocycles. The third kappa shape index (κ3) is 4.40. The molecule has 0 saturated heterocycles. The zero-order valence-corrected chi connectivity index (χ0v) is 9.55. The standard InChI is InChI=1S/C11H23NO2/c1-9(10-4-5-10)12-8-11(2,13)6-7-14-3/h9-10,12-13H,4-8H2,1-3H3. The first-order valence-electron chi connectivity index (χ1n) is 5.50. The summed E-state index contributed by atoms with van der Waals surface area (Å²) < 4.78 is 4.96. The molecule has 1 fully saturated rings. The summed E-state index contributed by atoms with van der Waals surface area (Å²) in [6, 6.07) is 0.545. The summed E-state index contributed by atoms with van der Waals surface area (Å²) in [6.45, 7) is 5.34. The summed E-state index contributed by atoms with van der Waals surface area (Å²) in [5, 5.41) is 13.3. The molecule has 1 rings (SSSR count). The third-order valence-corrected chi connectivity index (χ3v) is 2.98. The molecule has 0 radical (unpaired) electrons. The van der Waals surface area contributed by atoms with Crippen molar-refractivity contribution in [3.63, 3.8) is 0 Å². The molecule has 0 aliphatic heterocycles. The summed E-state index contributed by atoms with van der Waals surface area (Å²) in [4.78, 5) is 0. The Labute approximate surface area is 86.8 Å². The minimum atomic E-state index is -0.640. The zero-order valence-electron chi connectivity index (χ0n) is 9.55. The van der Waals surface area contributed by atoms with Gasteiger partial charge in [0.15, 0.2) is 0 Å². The van der Waals surface area contributed by atoms with E-state index in [1.54, 1.807) is 7.11 Å². The molecule has 3 heteroatoms. The second-order valence-electron chi connectivity index (χ2n) is 4.75. The van der Waals surface area contributed by atoms with E-state index in [1.807, 2.05) is 6.92 Å². The Morgan fingerprint density at radius 2 is 2.21 bits per heavy atom. The lowest BCUT2D eigenvalue weighted by molar-refractivity contribution is 0.0226. The third-order valence-electron chi connectivity index (χ3n) is 2.98. The van der Waals surface area contributed by atoms with Crippen LogP contribution >= 0.6 is 0 Å². The molecule has 2 unspecified atom stereocenters. The van der Waals surface area contributed by atoms with Crippen LogP contribution in [0.25, 0.3) is 0 Å². The normalized spacial score (nSPS) is 23.1. The molecule has 0 aromatic carbocycles. The highest BCUT2D eigenvalue weighted by molar-refractivity contribution is 4.85. The van der Waals surface area contributed by atoms with Crippen LogP contribution < -0.4 is 5.32 Å². The van der Waals surface area contributed by atoms with Gasteiger partial charge >= 0.3 is 0 Å². The van der Waals surface area contributed by atoms with Crippen molar-refractivity contribution < 1.29 is 9.84 Å². The Balaban J connectivity index is 2.13. The van der Waals surface area contributed by atoms with Crippen LogP contribution in [0.15, 0.2) is 0 Å². The minimum Gasteiger partial charge on any atom is -0.389 e. The van der Waals surface area contributed by atoms with Crippen LogP contribution in [0, 0.1) is 5.92 Å². The van der Waals surface area contributed by atoms with Crippen LogP contribution in [-0.2, 0) is 4.74 Å². The van der Waals surface area contributed by atoms with E-state index in [4.69, 9.17) is 4.74 Å². The zero-order chi connectivity index (χ0) is 10.6. The fourth-order valence-electron chi connectivity index (χ4n) is 1.55. The van der Waals surface area contributed by atoms with Crippen LogP contribution in [0.3, 0.4) is 0 Å². The Morgan fingerprint density at radius 1 is 1.57 bits per heavy atom. The van der Waals surface area contributed by atoms with Crippen molar-refractivity contribution in [2.24, 2.45) is 5.92 Å². The lowest BCUT2D eigenvalue weighted by Crippen LogP contribution is -2.42. The fourth-order valence-corrected chi connectivity index (χ4v) is 1.55. The van der Waals surface area contributed by atoms with Crippen LogP contribution in [0.4, 0.5) is 0 Å². The van der Waals surface area contributed by atoms with Crippen molar-refractivity contribution in [1.82, 2.24) is 5.32 Å². The second-order valence-corrected chi connectivity index (χ2v) is 4.75. The van der Waals surface area contributed by atoms with Crippen molar-refractivity contribution in [3.05, 3.63) is 0 Å². The Hall–Kier alpha value is -0.120. The number of methoxy groups -OCH3 is 1. The molecule has 0 aromatic rings. The lowest BCUT2D eigenvalue weighted by atomic mass is 10.0. The van der Waals surface area contributed by atoms with Gasteiger partial charge in [-0.05, 0) is 32.6 Å². The molecule has 14 heavy (non-hydrogen) atoms. The number of nitrogens with one attached hydrogen (secondary N) is 1. The van der Waals surface area contributed by atoms with E-state index >= 15 is 0 Å². The lowest BCUT2D eigenvalue weighted by Gasteiger charge is -2.25. The predicted octanol–water partition coefficient (Wildman–Crippen LogP) is 1.16. The molecule has 0 spiro atoms. The fraction of sp³-hybridized carbons (Fsp3) is 1.00. The maximum Gasteiger partial charge on any atom is 0.0765 e. The minimum absolute atomic E-state index is 0.545.